The van der Waals surface area contributed by atoms with Crippen LogP contribution < -0.4 is 14.5 Å². The van der Waals surface area contributed by atoms with Gasteiger partial charge in [-0.05, 0) is 31.0 Å². The number of likely N-dealkylation sites (N-methyl/N-ethyl adjacent to an activating group) is 1. The molecule has 0 radical (unpaired) electrons. The topological polar surface area (TPSA) is 62.2 Å². The standard InChI is InChI=1S/C22H31FN4O2/c1-25(22(17-24)8-4-3-5-9-22)21(28)16-27-12-10-26(11-13-27)15-18-14-19(23)6-7-20(18)29-2/h6-7,14H,3-5,8-13,15-16H2,1-2H3/p+2. The highest BCUT2D eigenvalue weighted by Gasteiger charge is 2.40. The van der Waals surface area contributed by atoms with E-state index in [9.17, 15) is 14.4 Å². The van der Waals surface area contributed by atoms with Gasteiger partial charge < -0.3 is 19.4 Å². The van der Waals surface area contributed by atoms with Gasteiger partial charge in [0.15, 0.2) is 6.54 Å². The summed E-state index contributed by atoms with van der Waals surface area (Å²) in [5.41, 5.74) is 0.269. The minimum atomic E-state index is -0.615. The van der Waals surface area contributed by atoms with Crippen molar-refractivity contribution in [1.29, 1.82) is 5.26 Å². The van der Waals surface area contributed by atoms with Gasteiger partial charge in [0.25, 0.3) is 5.91 Å². The lowest BCUT2D eigenvalue weighted by Gasteiger charge is -2.39. The second kappa shape index (κ2) is 9.55. The number of carbonyl (C=O) groups excluding carboxylic acids is 1. The second-order valence-corrected chi connectivity index (χ2v) is 8.47. The van der Waals surface area contributed by atoms with Crippen LogP contribution in [0.25, 0.3) is 0 Å². The molecule has 0 atom stereocenters. The zero-order valence-corrected chi connectivity index (χ0v) is 17.6. The predicted octanol–water partition coefficient (Wildman–Crippen LogP) is -0.197. The highest BCUT2D eigenvalue weighted by molar-refractivity contribution is 5.78. The van der Waals surface area contributed by atoms with Crippen molar-refractivity contribution in [2.75, 3.05) is 46.9 Å². The van der Waals surface area contributed by atoms with Crippen LogP contribution in [0.4, 0.5) is 4.39 Å². The Labute approximate surface area is 172 Å². The number of hydrogen-bond donors (Lipinski definition) is 2. The lowest BCUT2D eigenvalue weighted by molar-refractivity contribution is -1.02. The molecule has 0 spiro atoms. The van der Waals surface area contributed by atoms with E-state index in [1.54, 1.807) is 31.2 Å². The maximum Gasteiger partial charge on any atom is 0.278 e. The normalized spacial score (nSPS) is 23.8. The third-order valence-corrected chi connectivity index (χ3v) is 6.65. The largest absolute Gasteiger partial charge is 0.496 e. The smallest absolute Gasteiger partial charge is 0.278 e. The first-order valence-electron chi connectivity index (χ1n) is 10.6. The van der Waals surface area contributed by atoms with Gasteiger partial charge in [-0.2, -0.15) is 5.26 Å². The van der Waals surface area contributed by atoms with E-state index >= 15 is 0 Å². The molecule has 1 aliphatic heterocycles. The highest BCUT2D eigenvalue weighted by atomic mass is 19.1. The molecule has 6 nitrogen and oxygen atoms in total. The van der Waals surface area contributed by atoms with Crippen molar-refractivity contribution >= 4 is 5.91 Å². The summed E-state index contributed by atoms with van der Waals surface area (Å²) in [5, 5.41) is 9.71. The van der Waals surface area contributed by atoms with Crippen molar-refractivity contribution < 1.29 is 23.7 Å². The van der Waals surface area contributed by atoms with Gasteiger partial charge in [0, 0.05) is 7.05 Å². The number of ether oxygens (including phenoxy) is 1. The quantitative estimate of drug-likeness (QED) is 0.691. The molecule has 2 fully saturated rings. The van der Waals surface area contributed by atoms with Crippen molar-refractivity contribution in [1.82, 2.24) is 4.90 Å². The SMILES string of the molecule is COc1ccc(F)cc1C[NH+]1CC[NH+](CC(=O)N(C)C2(C#N)CCCCC2)CC1. The van der Waals surface area contributed by atoms with E-state index in [2.05, 4.69) is 6.07 Å². The molecule has 1 saturated carbocycles. The van der Waals surface area contributed by atoms with Crippen molar-refractivity contribution in [3.8, 4) is 11.8 Å². The van der Waals surface area contributed by atoms with Gasteiger partial charge in [-0.25, -0.2) is 4.39 Å². The van der Waals surface area contributed by atoms with Crippen LogP contribution in [-0.2, 0) is 11.3 Å². The van der Waals surface area contributed by atoms with Gasteiger partial charge in [0.05, 0.1) is 18.7 Å². The predicted molar refractivity (Wildman–Crippen MR) is 107 cm³/mol. The van der Waals surface area contributed by atoms with Crippen LogP contribution in [0.1, 0.15) is 37.7 Å². The number of nitriles is 1. The van der Waals surface area contributed by atoms with E-state index < -0.39 is 5.54 Å². The van der Waals surface area contributed by atoms with Crippen LogP contribution >= 0.6 is 0 Å². The lowest BCUT2D eigenvalue weighted by atomic mass is 9.81. The third-order valence-electron chi connectivity index (χ3n) is 6.65. The molecule has 1 aliphatic carbocycles. The van der Waals surface area contributed by atoms with Crippen LogP contribution in [0.5, 0.6) is 5.75 Å². The number of amides is 1. The number of hydrogen-bond acceptors (Lipinski definition) is 3. The Morgan fingerprint density at radius 1 is 1.21 bits per heavy atom. The van der Waals surface area contributed by atoms with E-state index in [1.807, 2.05) is 0 Å². The molecular formula is C22H33FN4O2+2. The molecule has 2 N–H and O–H groups in total. The van der Waals surface area contributed by atoms with E-state index in [4.69, 9.17) is 4.74 Å². The monoisotopic (exact) mass is 404 g/mol. The molecular weight excluding hydrogens is 371 g/mol. The number of nitrogens with zero attached hydrogens (tertiary/aromatic N) is 2. The molecule has 7 heteroatoms. The maximum absolute atomic E-state index is 13.6. The number of methoxy groups -OCH3 is 1. The zero-order chi connectivity index (χ0) is 20.9. The first-order chi connectivity index (χ1) is 14.0. The fraction of sp³-hybridized carbons (Fsp3) is 0.636. The Morgan fingerprint density at radius 3 is 2.48 bits per heavy atom. The van der Waals surface area contributed by atoms with Gasteiger partial charge in [-0.3, -0.25) is 4.79 Å². The van der Waals surface area contributed by atoms with Gasteiger partial charge in [-0.1, -0.05) is 19.3 Å². The Kier molecular flexibility index (Phi) is 7.09. The molecule has 3 rings (SSSR count). The molecule has 1 aromatic carbocycles. The Balaban J connectivity index is 1.51. The van der Waals surface area contributed by atoms with Crippen molar-refractivity contribution in [3.63, 3.8) is 0 Å². The van der Waals surface area contributed by atoms with E-state index in [1.165, 1.54) is 15.9 Å². The fourth-order valence-electron chi connectivity index (χ4n) is 4.70. The number of rotatable bonds is 6. The molecule has 1 heterocycles. The molecule has 29 heavy (non-hydrogen) atoms. The molecule has 1 saturated heterocycles. The van der Waals surface area contributed by atoms with Crippen LogP contribution in [0.3, 0.4) is 0 Å². The number of piperazine rings is 1. The minimum absolute atomic E-state index is 0.0682. The van der Waals surface area contributed by atoms with E-state index in [0.29, 0.717) is 6.54 Å². The summed E-state index contributed by atoms with van der Waals surface area (Å²) in [4.78, 5) is 17.2. The minimum Gasteiger partial charge on any atom is -0.496 e. The Morgan fingerprint density at radius 2 is 1.86 bits per heavy atom. The highest BCUT2D eigenvalue weighted by Crippen LogP contribution is 2.32. The van der Waals surface area contributed by atoms with Crippen LogP contribution in [0.2, 0.25) is 0 Å². The zero-order valence-electron chi connectivity index (χ0n) is 17.6. The Hall–Kier alpha value is -2.17. The van der Waals surface area contributed by atoms with Crippen molar-refractivity contribution in [3.05, 3.63) is 29.6 Å². The Bertz CT molecular complexity index is 750. The summed E-state index contributed by atoms with van der Waals surface area (Å²) in [6.07, 6.45) is 4.76. The summed E-state index contributed by atoms with van der Waals surface area (Å²) in [6, 6.07) is 7.08. The molecule has 0 bridgehead atoms. The summed E-state index contributed by atoms with van der Waals surface area (Å²) < 4.78 is 19.0. The molecule has 1 amide bonds. The number of halogens is 1. The van der Waals surface area contributed by atoms with Crippen LogP contribution in [0.15, 0.2) is 18.2 Å². The van der Waals surface area contributed by atoms with Crippen molar-refractivity contribution in [2.45, 2.75) is 44.2 Å². The lowest BCUT2D eigenvalue weighted by Crippen LogP contribution is -3.28. The van der Waals surface area contributed by atoms with Crippen LogP contribution in [0, 0.1) is 17.1 Å². The van der Waals surface area contributed by atoms with Gasteiger partial charge in [0.1, 0.15) is 49.8 Å². The van der Waals surface area contributed by atoms with E-state index in [-0.39, 0.29) is 11.7 Å². The number of carbonyl (C=O) groups is 1. The second-order valence-electron chi connectivity index (χ2n) is 8.47. The molecule has 2 aliphatic rings. The van der Waals surface area contributed by atoms with Gasteiger partial charge in [-0.15, -0.1) is 0 Å². The van der Waals surface area contributed by atoms with Gasteiger partial charge in [0.2, 0.25) is 0 Å². The summed E-state index contributed by atoms with van der Waals surface area (Å²) >= 11 is 0. The van der Waals surface area contributed by atoms with Crippen LogP contribution in [-0.4, -0.2) is 63.2 Å². The summed E-state index contributed by atoms with van der Waals surface area (Å²) in [6.45, 7) is 4.80. The summed E-state index contributed by atoms with van der Waals surface area (Å²) in [7, 11) is 3.41. The number of benzene rings is 1. The fourth-order valence-corrected chi connectivity index (χ4v) is 4.70. The first-order valence-corrected chi connectivity index (χ1v) is 10.6. The van der Waals surface area contributed by atoms with Crippen molar-refractivity contribution in [2.24, 2.45) is 0 Å². The molecule has 1 aromatic rings. The maximum atomic E-state index is 13.6. The number of nitrogens with one attached hydrogen (secondary N) is 2. The molecule has 158 valence electrons. The first kappa shape index (κ1) is 21.5. The average Bonchev–Trinajstić information content (AvgIpc) is 2.75. The van der Waals surface area contributed by atoms with E-state index in [0.717, 1.165) is 76.1 Å². The number of quaternary nitrogens is 2. The van der Waals surface area contributed by atoms with Gasteiger partial charge >= 0.3 is 0 Å². The third kappa shape index (κ3) is 5.06. The molecule has 0 aromatic heterocycles. The molecule has 0 unspecified atom stereocenters. The average molecular weight is 405 g/mol. The summed E-state index contributed by atoms with van der Waals surface area (Å²) in [5.74, 6) is 0.547.